The number of nitrogens with zero attached hydrogens (tertiary/aromatic N) is 4. The summed E-state index contributed by atoms with van der Waals surface area (Å²) in [5.41, 5.74) is 4.77. The van der Waals surface area contributed by atoms with Crippen LogP contribution in [0.2, 0.25) is 0 Å². The van der Waals surface area contributed by atoms with Gasteiger partial charge in [-0.25, -0.2) is 0 Å². The molecule has 4 heteroatoms. The van der Waals surface area contributed by atoms with Crippen LogP contribution in [-0.4, -0.2) is 45.9 Å². The molecule has 1 saturated carbocycles. The standard InChI is InChI=1S/C32H36N4/c1-35(31(25-15-5-3-6-16-25)27-19-11-13-23-33-27)29-21-9-10-22-30(29)36(2)32(26-17-7-4-8-18-26)28-20-12-14-24-34-28/h3-8,11-20,23-24,29-32H,9-10,21-22H2,1-2H3/t29-,30-,31-,32-/m1/s1. The van der Waals surface area contributed by atoms with Gasteiger partial charge in [0.15, 0.2) is 0 Å². The molecule has 1 fully saturated rings. The van der Waals surface area contributed by atoms with Gasteiger partial charge < -0.3 is 0 Å². The van der Waals surface area contributed by atoms with E-state index in [1.54, 1.807) is 0 Å². The molecule has 0 unspecified atom stereocenters. The van der Waals surface area contributed by atoms with E-state index in [1.165, 1.54) is 36.8 Å². The fourth-order valence-electron chi connectivity index (χ4n) is 6.00. The van der Waals surface area contributed by atoms with E-state index in [2.05, 4.69) is 109 Å². The van der Waals surface area contributed by atoms with E-state index >= 15 is 0 Å². The van der Waals surface area contributed by atoms with Gasteiger partial charge in [0.2, 0.25) is 0 Å². The molecule has 0 N–H and O–H groups in total. The molecule has 0 amide bonds. The highest BCUT2D eigenvalue weighted by Gasteiger charge is 2.38. The summed E-state index contributed by atoms with van der Waals surface area (Å²) in [6.45, 7) is 0. The van der Waals surface area contributed by atoms with Crippen LogP contribution in [0.15, 0.2) is 109 Å². The van der Waals surface area contributed by atoms with Crippen molar-refractivity contribution in [2.45, 2.75) is 49.9 Å². The van der Waals surface area contributed by atoms with Gasteiger partial charge in [-0.05, 0) is 62.3 Å². The monoisotopic (exact) mass is 476 g/mol. The van der Waals surface area contributed by atoms with Crippen LogP contribution < -0.4 is 0 Å². The molecule has 2 aromatic heterocycles. The molecule has 2 aromatic carbocycles. The third-order valence-corrected chi connectivity index (χ3v) is 7.72. The van der Waals surface area contributed by atoms with Crippen LogP contribution in [0.3, 0.4) is 0 Å². The predicted molar refractivity (Wildman–Crippen MR) is 147 cm³/mol. The molecule has 1 aliphatic carbocycles. The summed E-state index contributed by atoms with van der Waals surface area (Å²) in [6, 6.07) is 35.2. The summed E-state index contributed by atoms with van der Waals surface area (Å²) in [6.07, 6.45) is 8.67. The molecular formula is C32H36N4. The Balaban J connectivity index is 1.51. The second-order valence-electron chi connectivity index (χ2n) is 9.89. The van der Waals surface area contributed by atoms with E-state index < -0.39 is 0 Å². The lowest BCUT2D eigenvalue weighted by molar-refractivity contribution is 0.0449. The van der Waals surface area contributed by atoms with Crippen LogP contribution in [-0.2, 0) is 0 Å². The van der Waals surface area contributed by atoms with E-state index in [0.29, 0.717) is 12.1 Å². The van der Waals surface area contributed by atoms with Gasteiger partial charge in [0.1, 0.15) is 0 Å². The number of hydrogen-bond acceptors (Lipinski definition) is 4. The molecular weight excluding hydrogens is 440 g/mol. The highest BCUT2D eigenvalue weighted by molar-refractivity contribution is 5.30. The predicted octanol–water partition coefficient (Wildman–Crippen LogP) is 6.53. The van der Waals surface area contributed by atoms with Crippen LogP contribution in [0.1, 0.15) is 60.3 Å². The SMILES string of the molecule is CN([C@H](c1ccccc1)c1ccccn1)[C@@H]1CCCC[C@H]1N(C)[C@H](c1ccccc1)c1ccccn1. The lowest BCUT2D eigenvalue weighted by Gasteiger charge is -2.47. The average molecular weight is 477 g/mol. The zero-order chi connectivity index (χ0) is 24.7. The number of rotatable bonds is 8. The molecule has 184 valence electrons. The maximum Gasteiger partial charge on any atom is 0.0776 e. The van der Waals surface area contributed by atoms with Crippen molar-refractivity contribution < 1.29 is 0 Å². The van der Waals surface area contributed by atoms with Gasteiger partial charge in [-0.2, -0.15) is 0 Å². The Morgan fingerprint density at radius 2 is 0.944 bits per heavy atom. The number of pyridine rings is 2. The van der Waals surface area contributed by atoms with Crippen molar-refractivity contribution in [2.75, 3.05) is 14.1 Å². The van der Waals surface area contributed by atoms with Gasteiger partial charge >= 0.3 is 0 Å². The Bertz CT molecular complexity index is 1010. The summed E-state index contributed by atoms with van der Waals surface area (Å²) in [5, 5.41) is 0. The summed E-state index contributed by atoms with van der Waals surface area (Å²) < 4.78 is 0. The van der Waals surface area contributed by atoms with E-state index in [1.807, 2.05) is 24.5 Å². The van der Waals surface area contributed by atoms with Gasteiger partial charge in [0, 0.05) is 24.5 Å². The Morgan fingerprint density at radius 1 is 0.556 bits per heavy atom. The Hall–Kier alpha value is -3.34. The molecule has 4 aromatic rings. The Morgan fingerprint density at radius 3 is 1.31 bits per heavy atom. The molecule has 0 saturated heterocycles. The number of benzene rings is 2. The second kappa shape index (κ2) is 11.6. The van der Waals surface area contributed by atoms with Gasteiger partial charge in [-0.15, -0.1) is 0 Å². The lowest BCUT2D eigenvalue weighted by Crippen LogP contribution is -2.53. The molecule has 0 radical (unpaired) electrons. The van der Waals surface area contributed by atoms with Gasteiger partial charge in [-0.1, -0.05) is 85.6 Å². The first-order valence-corrected chi connectivity index (χ1v) is 13.1. The fourth-order valence-corrected chi connectivity index (χ4v) is 6.00. The first kappa shape index (κ1) is 24.4. The van der Waals surface area contributed by atoms with Crippen LogP contribution in [0.4, 0.5) is 0 Å². The molecule has 36 heavy (non-hydrogen) atoms. The minimum absolute atomic E-state index is 0.108. The first-order chi connectivity index (χ1) is 17.7. The second-order valence-corrected chi connectivity index (χ2v) is 9.89. The van der Waals surface area contributed by atoms with Crippen LogP contribution in [0.25, 0.3) is 0 Å². The molecule has 0 spiro atoms. The molecule has 0 aliphatic heterocycles. The van der Waals surface area contributed by atoms with Gasteiger partial charge in [0.25, 0.3) is 0 Å². The number of likely N-dealkylation sites (N-methyl/N-ethyl adjacent to an activating group) is 2. The largest absolute Gasteiger partial charge is 0.290 e. The maximum absolute atomic E-state index is 4.81. The van der Waals surface area contributed by atoms with E-state index in [-0.39, 0.29) is 12.1 Å². The molecule has 4 atom stereocenters. The Labute approximate surface area is 215 Å². The number of aromatic nitrogens is 2. The summed E-state index contributed by atoms with van der Waals surface area (Å²) >= 11 is 0. The third-order valence-electron chi connectivity index (χ3n) is 7.72. The van der Waals surface area contributed by atoms with Crippen molar-refractivity contribution >= 4 is 0 Å². The topological polar surface area (TPSA) is 32.3 Å². The van der Waals surface area contributed by atoms with Crippen LogP contribution >= 0.6 is 0 Å². The minimum atomic E-state index is 0.108. The van der Waals surface area contributed by atoms with Crippen LogP contribution in [0.5, 0.6) is 0 Å². The van der Waals surface area contributed by atoms with Crippen molar-refractivity contribution in [3.63, 3.8) is 0 Å². The molecule has 1 aliphatic rings. The number of hydrogen-bond donors (Lipinski definition) is 0. The lowest BCUT2D eigenvalue weighted by atomic mass is 9.85. The highest BCUT2D eigenvalue weighted by atomic mass is 15.3. The van der Waals surface area contributed by atoms with E-state index in [9.17, 15) is 0 Å². The summed E-state index contributed by atoms with van der Waals surface area (Å²) in [7, 11) is 4.59. The maximum atomic E-state index is 4.81. The molecule has 5 rings (SSSR count). The summed E-state index contributed by atoms with van der Waals surface area (Å²) in [4.78, 5) is 14.8. The Kier molecular flexibility index (Phi) is 7.85. The zero-order valence-corrected chi connectivity index (χ0v) is 21.3. The zero-order valence-electron chi connectivity index (χ0n) is 21.3. The highest BCUT2D eigenvalue weighted by Crippen LogP contribution is 2.38. The van der Waals surface area contributed by atoms with Gasteiger partial charge in [0.05, 0.1) is 23.5 Å². The van der Waals surface area contributed by atoms with Crippen molar-refractivity contribution in [2.24, 2.45) is 0 Å². The van der Waals surface area contributed by atoms with E-state index in [4.69, 9.17) is 9.97 Å². The normalized spacial score (nSPS) is 19.8. The summed E-state index contributed by atoms with van der Waals surface area (Å²) in [5.74, 6) is 0. The van der Waals surface area contributed by atoms with Crippen molar-refractivity contribution in [1.82, 2.24) is 19.8 Å². The average Bonchev–Trinajstić information content (AvgIpc) is 2.95. The van der Waals surface area contributed by atoms with Gasteiger partial charge in [-0.3, -0.25) is 19.8 Å². The van der Waals surface area contributed by atoms with Crippen molar-refractivity contribution in [1.29, 1.82) is 0 Å². The first-order valence-electron chi connectivity index (χ1n) is 13.1. The van der Waals surface area contributed by atoms with E-state index in [0.717, 1.165) is 11.4 Å². The fraction of sp³-hybridized carbons (Fsp3) is 0.312. The smallest absolute Gasteiger partial charge is 0.0776 e. The quantitative estimate of drug-likeness (QED) is 0.289. The molecule has 4 nitrogen and oxygen atoms in total. The molecule has 2 heterocycles. The molecule has 0 bridgehead atoms. The van der Waals surface area contributed by atoms with Crippen molar-refractivity contribution in [3.8, 4) is 0 Å². The van der Waals surface area contributed by atoms with Crippen molar-refractivity contribution in [3.05, 3.63) is 132 Å². The third kappa shape index (κ3) is 5.25. The minimum Gasteiger partial charge on any atom is -0.290 e. The van der Waals surface area contributed by atoms with Crippen LogP contribution in [0, 0.1) is 0 Å².